The van der Waals surface area contributed by atoms with Gasteiger partial charge in [-0.3, -0.25) is 14.5 Å². The number of benzene rings is 2. The van der Waals surface area contributed by atoms with Crippen LogP contribution in [0.4, 0.5) is 0 Å². The standard InChI is InChI=1S/C21H24N2O2/c24-20(19-9-5-2-6-10-19)11-12-21(25)23-15-13-22(14-16-23)17-18-7-3-1-4-8-18/h1-10H,11-17H2. The van der Waals surface area contributed by atoms with Gasteiger partial charge in [0.1, 0.15) is 0 Å². The lowest BCUT2D eigenvalue weighted by molar-refractivity contribution is -0.132. The van der Waals surface area contributed by atoms with E-state index in [-0.39, 0.29) is 18.1 Å². The summed E-state index contributed by atoms with van der Waals surface area (Å²) in [6.07, 6.45) is 0.583. The third-order valence-corrected chi connectivity index (χ3v) is 4.64. The van der Waals surface area contributed by atoms with Crippen LogP contribution in [0.25, 0.3) is 0 Å². The molecule has 1 aliphatic heterocycles. The van der Waals surface area contributed by atoms with Gasteiger partial charge in [0.05, 0.1) is 0 Å². The van der Waals surface area contributed by atoms with Gasteiger partial charge in [-0.15, -0.1) is 0 Å². The van der Waals surface area contributed by atoms with Gasteiger partial charge in [-0.2, -0.15) is 0 Å². The van der Waals surface area contributed by atoms with E-state index in [1.807, 2.05) is 29.2 Å². The Morgan fingerprint density at radius 2 is 1.36 bits per heavy atom. The van der Waals surface area contributed by atoms with Crippen molar-refractivity contribution in [1.82, 2.24) is 9.80 Å². The maximum atomic E-state index is 12.4. The van der Waals surface area contributed by atoms with Crippen molar-refractivity contribution in [1.29, 1.82) is 0 Å². The van der Waals surface area contributed by atoms with Crippen LogP contribution in [0.3, 0.4) is 0 Å². The first-order valence-electron chi connectivity index (χ1n) is 8.85. The fourth-order valence-corrected chi connectivity index (χ4v) is 3.14. The van der Waals surface area contributed by atoms with Crippen molar-refractivity contribution in [3.8, 4) is 0 Å². The summed E-state index contributed by atoms with van der Waals surface area (Å²) in [6.45, 7) is 4.17. The van der Waals surface area contributed by atoms with E-state index >= 15 is 0 Å². The van der Waals surface area contributed by atoms with E-state index in [0.717, 1.165) is 32.7 Å². The lowest BCUT2D eigenvalue weighted by Crippen LogP contribution is -2.48. The summed E-state index contributed by atoms with van der Waals surface area (Å²) >= 11 is 0. The van der Waals surface area contributed by atoms with Crippen molar-refractivity contribution in [3.05, 3.63) is 71.8 Å². The Hall–Kier alpha value is -2.46. The topological polar surface area (TPSA) is 40.6 Å². The number of hydrogen-bond acceptors (Lipinski definition) is 3. The highest BCUT2D eigenvalue weighted by Gasteiger charge is 2.21. The number of carbonyl (C=O) groups excluding carboxylic acids is 2. The lowest BCUT2D eigenvalue weighted by Gasteiger charge is -2.34. The molecular formula is C21H24N2O2. The van der Waals surface area contributed by atoms with E-state index in [1.54, 1.807) is 12.1 Å². The maximum Gasteiger partial charge on any atom is 0.223 e. The van der Waals surface area contributed by atoms with Gasteiger partial charge in [0.25, 0.3) is 0 Å². The van der Waals surface area contributed by atoms with Gasteiger partial charge in [-0.1, -0.05) is 60.7 Å². The first-order valence-corrected chi connectivity index (χ1v) is 8.85. The molecule has 2 aromatic carbocycles. The zero-order chi connectivity index (χ0) is 17.5. The average molecular weight is 336 g/mol. The summed E-state index contributed by atoms with van der Waals surface area (Å²) in [7, 11) is 0. The summed E-state index contributed by atoms with van der Waals surface area (Å²) in [5.74, 6) is 0.125. The molecule has 0 aromatic heterocycles. The summed E-state index contributed by atoms with van der Waals surface area (Å²) < 4.78 is 0. The Bertz CT molecular complexity index is 692. The lowest BCUT2D eigenvalue weighted by atomic mass is 10.1. The summed E-state index contributed by atoms with van der Waals surface area (Å²) in [5.41, 5.74) is 1.98. The number of carbonyl (C=O) groups is 2. The quantitative estimate of drug-likeness (QED) is 0.762. The molecule has 1 heterocycles. The minimum Gasteiger partial charge on any atom is -0.340 e. The Morgan fingerprint density at radius 3 is 2.00 bits per heavy atom. The van der Waals surface area contributed by atoms with Gasteiger partial charge < -0.3 is 4.90 Å². The van der Waals surface area contributed by atoms with Crippen LogP contribution in [0.15, 0.2) is 60.7 Å². The van der Waals surface area contributed by atoms with Crippen molar-refractivity contribution in [2.24, 2.45) is 0 Å². The number of ketones is 1. The second-order valence-corrected chi connectivity index (χ2v) is 6.43. The Labute approximate surface area is 149 Å². The van der Waals surface area contributed by atoms with Crippen LogP contribution in [0.1, 0.15) is 28.8 Å². The summed E-state index contributed by atoms with van der Waals surface area (Å²) in [4.78, 5) is 28.7. The number of hydrogen-bond donors (Lipinski definition) is 0. The molecule has 1 aliphatic rings. The molecule has 0 N–H and O–H groups in total. The SMILES string of the molecule is O=C(CCC(=O)N1CCN(Cc2ccccc2)CC1)c1ccccc1. The molecule has 2 aromatic rings. The molecule has 4 heteroatoms. The molecule has 0 aliphatic carbocycles. The molecule has 3 rings (SSSR count). The highest BCUT2D eigenvalue weighted by atomic mass is 16.2. The zero-order valence-corrected chi connectivity index (χ0v) is 14.4. The smallest absolute Gasteiger partial charge is 0.223 e. The number of nitrogens with zero attached hydrogens (tertiary/aromatic N) is 2. The van der Waals surface area contributed by atoms with Crippen molar-refractivity contribution >= 4 is 11.7 Å². The normalized spacial score (nSPS) is 15.1. The van der Waals surface area contributed by atoms with Crippen LogP contribution in [-0.2, 0) is 11.3 Å². The van der Waals surface area contributed by atoms with E-state index in [4.69, 9.17) is 0 Å². The molecule has 0 radical (unpaired) electrons. The molecule has 25 heavy (non-hydrogen) atoms. The van der Waals surface area contributed by atoms with Crippen molar-refractivity contribution in [3.63, 3.8) is 0 Å². The van der Waals surface area contributed by atoms with Crippen LogP contribution in [0, 0.1) is 0 Å². The molecule has 0 spiro atoms. The molecule has 130 valence electrons. The van der Waals surface area contributed by atoms with Gasteiger partial charge >= 0.3 is 0 Å². The molecule has 1 amide bonds. The van der Waals surface area contributed by atoms with Crippen molar-refractivity contribution in [2.45, 2.75) is 19.4 Å². The Kier molecular flexibility index (Phi) is 5.96. The molecule has 0 bridgehead atoms. The van der Waals surface area contributed by atoms with Crippen LogP contribution >= 0.6 is 0 Å². The molecule has 1 fully saturated rings. The van der Waals surface area contributed by atoms with E-state index in [1.165, 1.54) is 5.56 Å². The third kappa shape index (κ3) is 5.00. The molecule has 0 unspecified atom stereocenters. The molecule has 0 saturated carbocycles. The highest BCUT2D eigenvalue weighted by molar-refractivity contribution is 5.97. The summed E-state index contributed by atoms with van der Waals surface area (Å²) in [5, 5.41) is 0. The first kappa shape index (κ1) is 17.4. The second kappa shape index (κ2) is 8.58. The van der Waals surface area contributed by atoms with Crippen LogP contribution in [0.2, 0.25) is 0 Å². The number of amides is 1. The van der Waals surface area contributed by atoms with Crippen LogP contribution in [-0.4, -0.2) is 47.7 Å². The third-order valence-electron chi connectivity index (χ3n) is 4.64. The average Bonchev–Trinajstić information content (AvgIpc) is 2.68. The largest absolute Gasteiger partial charge is 0.340 e. The predicted molar refractivity (Wildman–Crippen MR) is 98.3 cm³/mol. The van der Waals surface area contributed by atoms with Gasteiger partial charge in [0, 0.05) is 51.1 Å². The monoisotopic (exact) mass is 336 g/mol. The first-order chi connectivity index (χ1) is 12.2. The van der Waals surface area contributed by atoms with Gasteiger partial charge in [0.2, 0.25) is 5.91 Å². The zero-order valence-electron chi connectivity index (χ0n) is 14.4. The van der Waals surface area contributed by atoms with Gasteiger partial charge in [0.15, 0.2) is 5.78 Å². The summed E-state index contributed by atoms with van der Waals surface area (Å²) in [6, 6.07) is 19.6. The van der Waals surface area contributed by atoms with E-state index in [9.17, 15) is 9.59 Å². The fraction of sp³-hybridized carbons (Fsp3) is 0.333. The van der Waals surface area contributed by atoms with Crippen LogP contribution in [0.5, 0.6) is 0 Å². The minimum absolute atomic E-state index is 0.0386. The predicted octanol–water partition coefficient (Wildman–Crippen LogP) is 2.99. The Balaban J connectivity index is 1.42. The molecular weight excluding hydrogens is 312 g/mol. The maximum absolute atomic E-state index is 12.4. The van der Waals surface area contributed by atoms with Crippen molar-refractivity contribution in [2.75, 3.05) is 26.2 Å². The molecule has 1 saturated heterocycles. The highest BCUT2D eigenvalue weighted by Crippen LogP contribution is 2.11. The number of piperazine rings is 1. The van der Waals surface area contributed by atoms with Gasteiger partial charge in [-0.25, -0.2) is 0 Å². The minimum atomic E-state index is 0.0386. The molecule has 0 atom stereocenters. The second-order valence-electron chi connectivity index (χ2n) is 6.43. The van der Waals surface area contributed by atoms with E-state index < -0.39 is 0 Å². The van der Waals surface area contributed by atoms with Gasteiger partial charge in [-0.05, 0) is 5.56 Å². The van der Waals surface area contributed by atoms with Crippen molar-refractivity contribution < 1.29 is 9.59 Å². The van der Waals surface area contributed by atoms with E-state index in [2.05, 4.69) is 29.2 Å². The number of rotatable bonds is 6. The number of Topliss-reactive ketones (excluding diaryl/α,β-unsaturated/α-hetero) is 1. The Morgan fingerprint density at radius 1 is 0.760 bits per heavy atom. The van der Waals surface area contributed by atoms with E-state index in [0.29, 0.717) is 12.0 Å². The molecule has 4 nitrogen and oxygen atoms in total. The van der Waals surface area contributed by atoms with Crippen LogP contribution < -0.4 is 0 Å². The fourth-order valence-electron chi connectivity index (χ4n) is 3.14.